The van der Waals surface area contributed by atoms with Crippen molar-refractivity contribution >= 4 is 55.0 Å². The van der Waals surface area contributed by atoms with Gasteiger partial charge in [0.05, 0.1) is 37.4 Å². The van der Waals surface area contributed by atoms with Gasteiger partial charge in [-0.15, -0.1) is 22.7 Å². The summed E-state index contributed by atoms with van der Waals surface area (Å²) in [5.74, 6) is 1.93. The minimum atomic E-state index is 0.760. The molecule has 0 amide bonds. The summed E-state index contributed by atoms with van der Waals surface area (Å²) in [4.78, 5) is 30.8. The Kier molecular flexibility index (Phi) is 5.88. The number of ether oxygens (including phenoxy) is 2. The number of nitrogens with zero attached hydrogens (tertiary/aromatic N) is 8. The largest absolute Gasteiger partial charge is 0.378 e. The third kappa shape index (κ3) is 4.03. The van der Waals surface area contributed by atoms with Gasteiger partial charge in [-0.2, -0.15) is 0 Å². The predicted molar refractivity (Wildman–Crippen MR) is 116 cm³/mol. The first-order valence-electron chi connectivity index (χ1n) is 9.64. The van der Waals surface area contributed by atoms with E-state index in [1.54, 1.807) is 35.3 Å². The molecule has 0 spiro atoms. The highest BCUT2D eigenvalue weighted by Crippen LogP contribution is 2.26. The first-order valence-corrected chi connectivity index (χ1v) is 11.4. The average Bonchev–Trinajstić information content (AvgIpc) is 3.50. The minimum absolute atomic E-state index is 0.760. The maximum absolute atomic E-state index is 5.32. The molecule has 12 heteroatoms. The Hall–Kier alpha value is -2.54. The van der Waals surface area contributed by atoms with Crippen molar-refractivity contribution in [3.05, 3.63) is 23.7 Å². The van der Waals surface area contributed by atoms with E-state index in [1.165, 1.54) is 0 Å². The fourth-order valence-corrected chi connectivity index (χ4v) is 4.75. The average molecular weight is 445 g/mol. The molecule has 2 saturated heterocycles. The molecular weight excluding hydrogens is 424 g/mol. The lowest BCUT2D eigenvalue weighted by molar-refractivity contribution is 0.122. The Labute approximate surface area is 180 Å². The maximum atomic E-state index is 5.32. The maximum Gasteiger partial charge on any atom is 0.175 e. The number of morpholine rings is 2. The molecule has 0 unspecified atom stereocenters. The number of rotatable bonds is 2. The molecular formula is C18H20N8O2S2. The number of aromatic nitrogens is 6. The number of anilines is 2. The Morgan fingerprint density at radius 3 is 2.07 bits per heavy atom. The summed E-state index contributed by atoms with van der Waals surface area (Å²) in [5.41, 5.74) is 5.31. The van der Waals surface area contributed by atoms with Crippen LogP contribution in [0.1, 0.15) is 0 Å². The molecule has 6 heterocycles. The van der Waals surface area contributed by atoms with Crippen LogP contribution in [-0.2, 0) is 9.47 Å². The molecule has 2 aliphatic heterocycles. The number of fused-ring (bicyclic) bond motifs is 2. The van der Waals surface area contributed by atoms with Gasteiger partial charge in [0.25, 0.3) is 0 Å². The molecule has 2 fully saturated rings. The molecule has 156 valence electrons. The van der Waals surface area contributed by atoms with Gasteiger partial charge in [0, 0.05) is 26.2 Å². The van der Waals surface area contributed by atoms with E-state index in [0.29, 0.717) is 0 Å². The highest BCUT2D eigenvalue weighted by atomic mass is 32.1. The second-order valence-electron chi connectivity index (χ2n) is 6.60. The van der Waals surface area contributed by atoms with Gasteiger partial charge >= 0.3 is 0 Å². The Morgan fingerprint density at radius 1 is 0.667 bits per heavy atom. The lowest BCUT2D eigenvalue weighted by atomic mass is 10.4. The van der Waals surface area contributed by atoms with Gasteiger partial charge < -0.3 is 19.3 Å². The highest BCUT2D eigenvalue weighted by Gasteiger charge is 2.17. The molecule has 0 bridgehead atoms. The standard InChI is InChI=1S/2C9H10N4OS/c1-3-14-4-2-13(1)9-7-8(10-5-11-9)12-6-15-7;1-3-14-4-2-13(1)8-7-9(11-5-10-8)15-6-12-7/h2*5-6H,1-4H2. The summed E-state index contributed by atoms with van der Waals surface area (Å²) in [6.45, 7) is 6.60. The lowest BCUT2D eigenvalue weighted by Crippen LogP contribution is -2.36. The smallest absolute Gasteiger partial charge is 0.175 e. The van der Waals surface area contributed by atoms with Gasteiger partial charge in [0.1, 0.15) is 27.7 Å². The number of hydrogen-bond donors (Lipinski definition) is 0. The molecule has 0 radical (unpaired) electrons. The summed E-state index contributed by atoms with van der Waals surface area (Å²) in [7, 11) is 0. The van der Waals surface area contributed by atoms with Crippen LogP contribution in [0.5, 0.6) is 0 Å². The molecule has 30 heavy (non-hydrogen) atoms. The molecule has 10 nitrogen and oxygen atoms in total. The first-order chi connectivity index (χ1) is 14.9. The fourth-order valence-electron chi connectivity index (χ4n) is 3.37. The van der Waals surface area contributed by atoms with Gasteiger partial charge in [-0.1, -0.05) is 0 Å². The molecule has 4 aromatic heterocycles. The summed E-state index contributed by atoms with van der Waals surface area (Å²) in [5, 5.41) is 0. The molecule has 4 aromatic rings. The van der Waals surface area contributed by atoms with Crippen molar-refractivity contribution in [1.29, 1.82) is 0 Å². The van der Waals surface area contributed by atoms with E-state index in [4.69, 9.17) is 9.47 Å². The molecule has 0 saturated carbocycles. The van der Waals surface area contributed by atoms with E-state index in [1.807, 2.05) is 11.0 Å². The van der Waals surface area contributed by atoms with Crippen LogP contribution < -0.4 is 9.80 Å². The van der Waals surface area contributed by atoms with Gasteiger partial charge in [0.15, 0.2) is 17.3 Å². The van der Waals surface area contributed by atoms with Gasteiger partial charge in [-0.3, -0.25) is 0 Å². The van der Waals surface area contributed by atoms with Crippen molar-refractivity contribution in [1.82, 2.24) is 29.9 Å². The van der Waals surface area contributed by atoms with Crippen molar-refractivity contribution in [2.24, 2.45) is 0 Å². The Morgan fingerprint density at radius 2 is 1.30 bits per heavy atom. The normalized spacial score (nSPS) is 17.2. The van der Waals surface area contributed by atoms with E-state index in [2.05, 4.69) is 39.7 Å². The van der Waals surface area contributed by atoms with Crippen LogP contribution in [0, 0.1) is 0 Å². The molecule has 0 N–H and O–H groups in total. The van der Waals surface area contributed by atoms with Crippen LogP contribution in [0.2, 0.25) is 0 Å². The molecule has 0 aliphatic carbocycles. The van der Waals surface area contributed by atoms with E-state index >= 15 is 0 Å². The lowest BCUT2D eigenvalue weighted by Gasteiger charge is -2.27. The third-order valence-electron chi connectivity index (χ3n) is 4.85. The van der Waals surface area contributed by atoms with Crippen molar-refractivity contribution in [3.8, 4) is 0 Å². The van der Waals surface area contributed by atoms with Crippen LogP contribution >= 0.6 is 22.7 Å². The molecule has 0 atom stereocenters. The van der Waals surface area contributed by atoms with E-state index in [-0.39, 0.29) is 0 Å². The molecule has 6 rings (SSSR count). The zero-order chi connectivity index (χ0) is 20.2. The van der Waals surface area contributed by atoms with Gasteiger partial charge in [-0.05, 0) is 0 Å². The van der Waals surface area contributed by atoms with Gasteiger partial charge in [0.2, 0.25) is 0 Å². The predicted octanol–water partition coefficient (Wildman–Crippen LogP) is 1.85. The van der Waals surface area contributed by atoms with E-state index in [9.17, 15) is 0 Å². The second-order valence-corrected chi connectivity index (χ2v) is 8.29. The van der Waals surface area contributed by atoms with Crippen molar-refractivity contribution in [2.45, 2.75) is 0 Å². The van der Waals surface area contributed by atoms with Crippen LogP contribution in [0.4, 0.5) is 11.6 Å². The summed E-state index contributed by atoms with van der Waals surface area (Å²) in [6.07, 6.45) is 3.18. The Bertz CT molecular complexity index is 1020. The van der Waals surface area contributed by atoms with Crippen molar-refractivity contribution in [2.75, 3.05) is 62.4 Å². The highest BCUT2D eigenvalue weighted by molar-refractivity contribution is 7.17. The second kappa shape index (κ2) is 9.08. The van der Waals surface area contributed by atoms with E-state index < -0.39 is 0 Å². The van der Waals surface area contributed by atoms with E-state index in [0.717, 1.165) is 84.9 Å². The topological polar surface area (TPSA) is 102 Å². The summed E-state index contributed by atoms with van der Waals surface area (Å²) >= 11 is 3.13. The third-order valence-corrected chi connectivity index (χ3v) is 6.39. The Balaban J connectivity index is 0.000000128. The zero-order valence-electron chi connectivity index (χ0n) is 16.2. The zero-order valence-corrected chi connectivity index (χ0v) is 17.8. The minimum Gasteiger partial charge on any atom is -0.378 e. The van der Waals surface area contributed by atoms with Crippen LogP contribution in [0.25, 0.3) is 20.7 Å². The van der Waals surface area contributed by atoms with Gasteiger partial charge in [-0.25, -0.2) is 29.9 Å². The van der Waals surface area contributed by atoms with Crippen LogP contribution in [0.3, 0.4) is 0 Å². The fraction of sp³-hybridized carbons (Fsp3) is 0.444. The molecule has 2 aliphatic rings. The van der Waals surface area contributed by atoms with Crippen molar-refractivity contribution in [3.63, 3.8) is 0 Å². The monoisotopic (exact) mass is 444 g/mol. The van der Waals surface area contributed by atoms with Crippen LogP contribution in [0.15, 0.2) is 23.7 Å². The van der Waals surface area contributed by atoms with Crippen molar-refractivity contribution < 1.29 is 9.47 Å². The summed E-state index contributed by atoms with van der Waals surface area (Å²) < 4.78 is 11.7. The SMILES string of the molecule is c1nc(N2CCOCC2)c2ncsc2n1.c1nc(N2CCOCC2)c2scnc2n1. The molecule has 0 aromatic carbocycles. The number of hydrogen-bond acceptors (Lipinski definition) is 12. The number of thiazole rings is 2. The quantitative estimate of drug-likeness (QED) is 0.455. The summed E-state index contributed by atoms with van der Waals surface area (Å²) in [6, 6.07) is 0. The first kappa shape index (κ1) is 19.4. The van der Waals surface area contributed by atoms with Crippen LogP contribution in [-0.4, -0.2) is 82.5 Å².